The molecular formula is C22H31ClN6OS2. The van der Waals surface area contributed by atoms with E-state index < -0.39 is 11.0 Å². The van der Waals surface area contributed by atoms with Gasteiger partial charge < -0.3 is 10.6 Å². The molecule has 2 fully saturated rings. The molecule has 1 aliphatic carbocycles. The first-order valence-electron chi connectivity index (χ1n) is 11.0. The fourth-order valence-corrected chi connectivity index (χ4v) is 6.53. The van der Waals surface area contributed by atoms with Gasteiger partial charge in [-0.05, 0) is 57.9 Å². The highest BCUT2D eigenvalue weighted by molar-refractivity contribution is 7.99. The van der Waals surface area contributed by atoms with E-state index in [2.05, 4.69) is 24.6 Å². The lowest BCUT2D eigenvalue weighted by atomic mass is 9.74. The lowest BCUT2D eigenvalue weighted by Gasteiger charge is -2.44. The Bertz CT molecular complexity index is 991. The number of nitrogens with one attached hydrogen (secondary N) is 1. The molecule has 2 aliphatic rings. The molecule has 1 spiro atoms. The SMILES string of the molecule is CC(C)(C)S(=O)N[C@@H]1CCCC12CCN(c1cnc(Sc3ccncc3Cl)c(N)n1)CC2. The number of nitrogen functional groups attached to an aromatic ring is 1. The first kappa shape index (κ1) is 23.7. The van der Waals surface area contributed by atoms with Crippen molar-refractivity contribution in [1.82, 2.24) is 19.7 Å². The van der Waals surface area contributed by atoms with Gasteiger partial charge in [0.25, 0.3) is 0 Å². The molecule has 2 aromatic heterocycles. The van der Waals surface area contributed by atoms with Crippen LogP contribution in [0.25, 0.3) is 0 Å². The highest BCUT2D eigenvalue weighted by Gasteiger charge is 2.46. The molecule has 1 saturated carbocycles. The molecule has 174 valence electrons. The Morgan fingerprint density at radius 1 is 1.28 bits per heavy atom. The van der Waals surface area contributed by atoms with Crippen LogP contribution in [0.1, 0.15) is 52.9 Å². The zero-order valence-electron chi connectivity index (χ0n) is 18.8. The van der Waals surface area contributed by atoms with Gasteiger partial charge in [0.1, 0.15) is 10.8 Å². The first-order valence-corrected chi connectivity index (χ1v) is 13.4. The van der Waals surface area contributed by atoms with Crippen LogP contribution >= 0.6 is 23.4 Å². The molecule has 0 radical (unpaired) electrons. The molecular weight excluding hydrogens is 464 g/mol. The van der Waals surface area contributed by atoms with Gasteiger partial charge >= 0.3 is 0 Å². The Labute approximate surface area is 201 Å². The summed E-state index contributed by atoms with van der Waals surface area (Å²) in [6, 6.07) is 2.15. The predicted molar refractivity (Wildman–Crippen MR) is 132 cm³/mol. The van der Waals surface area contributed by atoms with Crippen molar-refractivity contribution in [3.8, 4) is 0 Å². The van der Waals surface area contributed by atoms with Crippen LogP contribution in [0.15, 0.2) is 34.6 Å². The van der Waals surface area contributed by atoms with Crippen molar-refractivity contribution in [2.75, 3.05) is 23.7 Å². The van der Waals surface area contributed by atoms with E-state index in [0.717, 1.165) is 43.1 Å². The number of piperidine rings is 1. The third-order valence-electron chi connectivity index (χ3n) is 6.49. The van der Waals surface area contributed by atoms with Gasteiger partial charge in [0.2, 0.25) is 0 Å². The normalized spacial score (nSPS) is 21.8. The summed E-state index contributed by atoms with van der Waals surface area (Å²) in [5, 5.41) is 1.20. The fraction of sp³-hybridized carbons (Fsp3) is 0.591. The number of halogens is 1. The van der Waals surface area contributed by atoms with E-state index in [4.69, 9.17) is 17.3 Å². The number of pyridine rings is 1. The molecule has 0 amide bonds. The van der Waals surface area contributed by atoms with Crippen LogP contribution in [0.5, 0.6) is 0 Å². The number of anilines is 2. The summed E-state index contributed by atoms with van der Waals surface area (Å²) in [6.45, 7) is 7.87. The van der Waals surface area contributed by atoms with Crippen molar-refractivity contribution in [1.29, 1.82) is 0 Å². The summed E-state index contributed by atoms with van der Waals surface area (Å²) < 4.78 is 15.9. The van der Waals surface area contributed by atoms with Gasteiger partial charge in [0.15, 0.2) is 5.82 Å². The van der Waals surface area contributed by atoms with Gasteiger partial charge in [-0.1, -0.05) is 29.8 Å². The van der Waals surface area contributed by atoms with Crippen molar-refractivity contribution >= 4 is 46.0 Å². The first-order chi connectivity index (χ1) is 15.2. The second kappa shape index (κ2) is 9.44. The number of rotatable bonds is 5. The van der Waals surface area contributed by atoms with Gasteiger partial charge in [-0.3, -0.25) is 4.98 Å². The molecule has 32 heavy (non-hydrogen) atoms. The van der Waals surface area contributed by atoms with E-state index in [1.54, 1.807) is 18.6 Å². The number of nitrogens with two attached hydrogens (primary N) is 1. The van der Waals surface area contributed by atoms with E-state index in [9.17, 15) is 4.21 Å². The van der Waals surface area contributed by atoms with Crippen molar-refractivity contribution in [2.24, 2.45) is 5.41 Å². The second-order valence-electron chi connectivity index (χ2n) is 9.62. The van der Waals surface area contributed by atoms with Gasteiger partial charge in [-0.15, -0.1) is 0 Å². The molecule has 1 saturated heterocycles. The molecule has 1 aliphatic heterocycles. The average Bonchev–Trinajstić information content (AvgIpc) is 3.12. The Morgan fingerprint density at radius 3 is 2.69 bits per heavy atom. The summed E-state index contributed by atoms with van der Waals surface area (Å²) in [4.78, 5) is 16.3. The minimum Gasteiger partial charge on any atom is -0.381 e. The molecule has 2 aromatic rings. The van der Waals surface area contributed by atoms with E-state index in [-0.39, 0.29) is 10.2 Å². The zero-order valence-corrected chi connectivity index (χ0v) is 21.2. The van der Waals surface area contributed by atoms with Crippen LogP contribution < -0.4 is 15.4 Å². The lowest BCUT2D eigenvalue weighted by Crippen LogP contribution is -2.51. The van der Waals surface area contributed by atoms with Crippen molar-refractivity contribution in [2.45, 2.75) is 73.6 Å². The van der Waals surface area contributed by atoms with Gasteiger partial charge in [-0.2, -0.15) is 0 Å². The Hall–Kier alpha value is -1.42. The van der Waals surface area contributed by atoms with Gasteiger partial charge in [-0.25, -0.2) is 18.9 Å². The maximum atomic E-state index is 12.7. The van der Waals surface area contributed by atoms with Crippen molar-refractivity contribution in [3.05, 3.63) is 29.7 Å². The summed E-state index contributed by atoms with van der Waals surface area (Å²) in [5.41, 5.74) is 6.45. The Morgan fingerprint density at radius 2 is 2.03 bits per heavy atom. The third kappa shape index (κ3) is 5.05. The number of aromatic nitrogens is 3. The van der Waals surface area contributed by atoms with Crippen LogP contribution in [-0.2, 0) is 11.0 Å². The van der Waals surface area contributed by atoms with Crippen molar-refractivity contribution < 1.29 is 4.21 Å². The summed E-state index contributed by atoms with van der Waals surface area (Å²) in [6.07, 6.45) is 10.7. The van der Waals surface area contributed by atoms with Crippen LogP contribution in [0.3, 0.4) is 0 Å². The average molecular weight is 495 g/mol. The highest BCUT2D eigenvalue weighted by atomic mass is 35.5. The minimum absolute atomic E-state index is 0.213. The standard InChI is InChI=1S/C22H31ClN6OS2/c1-21(2,3)32(30)28-17-5-4-7-22(17)8-11-29(12-9-22)18-14-26-20(19(24)27-18)31-16-6-10-25-13-15(16)23/h6,10,13-14,17,28H,4-5,7-9,11-12H2,1-3H3,(H2,24,27)/t17-,32?/m1/s1. The second-order valence-corrected chi connectivity index (χ2v) is 13.1. The quantitative estimate of drug-likeness (QED) is 0.633. The van der Waals surface area contributed by atoms with E-state index in [1.807, 2.05) is 26.8 Å². The molecule has 3 heterocycles. The van der Waals surface area contributed by atoms with Gasteiger partial charge in [0, 0.05) is 36.4 Å². The van der Waals surface area contributed by atoms with E-state index in [0.29, 0.717) is 21.9 Å². The largest absolute Gasteiger partial charge is 0.381 e. The number of nitrogens with zero attached hydrogens (tertiary/aromatic N) is 4. The molecule has 3 N–H and O–H groups in total. The molecule has 0 aromatic carbocycles. The van der Waals surface area contributed by atoms with E-state index in [1.165, 1.54) is 24.6 Å². The number of hydrogen-bond donors (Lipinski definition) is 2. The third-order valence-corrected chi connectivity index (χ3v) is 9.60. The summed E-state index contributed by atoms with van der Waals surface area (Å²) in [5.74, 6) is 1.21. The molecule has 2 atom stereocenters. The molecule has 0 bridgehead atoms. The predicted octanol–water partition coefficient (Wildman–Crippen LogP) is 4.45. The topological polar surface area (TPSA) is 97.0 Å². The van der Waals surface area contributed by atoms with Crippen molar-refractivity contribution in [3.63, 3.8) is 0 Å². The molecule has 4 rings (SSSR count). The Kier molecular flexibility index (Phi) is 7.00. The van der Waals surface area contributed by atoms with Crippen LogP contribution in [0, 0.1) is 5.41 Å². The maximum Gasteiger partial charge on any atom is 0.158 e. The number of hydrogen-bond acceptors (Lipinski definition) is 7. The van der Waals surface area contributed by atoms with Gasteiger partial charge in [0.05, 0.1) is 27.0 Å². The minimum atomic E-state index is -1.04. The Balaban J connectivity index is 1.41. The smallest absolute Gasteiger partial charge is 0.158 e. The summed E-state index contributed by atoms with van der Waals surface area (Å²) in [7, 11) is -1.04. The zero-order chi connectivity index (χ0) is 22.9. The molecule has 1 unspecified atom stereocenters. The molecule has 10 heteroatoms. The van der Waals surface area contributed by atoms with Crippen LogP contribution in [0.2, 0.25) is 5.02 Å². The fourth-order valence-electron chi connectivity index (χ4n) is 4.57. The highest BCUT2D eigenvalue weighted by Crippen LogP contribution is 2.47. The monoisotopic (exact) mass is 494 g/mol. The van der Waals surface area contributed by atoms with E-state index >= 15 is 0 Å². The summed E-state index contributed by atoms with van der Waals surface area (Å²) >= 11 is 7.60. The molecule has 7 nitrogen and oxygen atoms in total. The van der Waals surface area contributed by atoms with Crippen LogP contribution in [0.4, 0.5) is 11.6 Å². The maximum absolute atomic E-state index is 12.7. The van der Waals surface area contributed by atoms with Crippen LogP contribution in [-0.4, -0.2) is 43.0 Å². The lowest BCUT2D eigenvalue weighted by molar-refractivity contribution is 0.188.